The molecule has 0 bridgehead atoms. The lowest BCUT2D eigenvalue weighted by molar-refractivity contribution is -0.116. The topological polar surface area (TPSA) is 72.7 Å². The third kappa shape index (κ3) is 4.43. The van der Waals surface area contributed by atoms with Gasteiger partial charge in [0.25, 0.3) is 0 Å². The van der Waals surface area contributed by atoms with Gasteiger partial charge >= 0.3 is 0 Å². The van der Waals surface area contributed by atoms with Crippen molar-refractivity contribution in [2.45, 2.75) is 26.9 Å². The third-order valence-corrected chi connectivity index (χ3v) is 5.02. The van der Waals surface area contributed by atoms with E-state index in [1.165, 1.54) is 11.6 Å². The quantitative estimate of drug-likeness (QED) is 0.502. The number of hydrogen-bond acceptors (Lipinski definition) is 4. The monoisotopic (exact) mass is 397 g/mol. The number of nitrogens with one attached hydrogen (secondary N) is 1. The smallest absolute Gasteiger partial charge is 0.244 e. The van der Waals surface area contributed by atoms with Crippen molar-refractivity contribution in [2.75, 3.05) is 0 Å². The summed E-state index contributed by atoms with van der Waals surface area (Å²) in [6, 6.07) is 17.9. The SMILES string of the molecule is Cc1nn(Cc2ccccc2)c(C)c1CNC(=O)/C=C/c1cnc2ccccc2n1. The van der Waals surface area contributed by atoms with Crippen LogP contribution in [-0.4, -0.2) is 25.7 Å². The second kappa shape index (κ2) is 8.69. The highest BCUT2D eigenvalue weighted by molar-refractivity contribution is 5.91. The molecular weight excluding hydrogens is 374 g/mol. The second-order valence-corrected chi connectivity index (χ2v) is 7.13. The molecule has 0 aliphatic heterocycles. The lowest BCUT2D eigenvalue weighted by Gasteiger charge is -2.06. The molecule has 0 saturated carbocycles. The molecule has 0 atom stereocenters. The molecule has 2 aromatic carbocycles. The molecule has 0 aliphatic rings. The lowest BCUT2D eigenvalue weighted by atomic mass is 10.2. The molecule has 0 unspecified atom stereocenters. The molecule has 2 heterocycles. The number of benzene rings is 2. The zero-order chi connectivity index (χ0) is 20.9. The average Bonchev–Trinajstić information content (AvgIpc) is 3.03. The van der Waals surface area contributed by atoms with Gasteiger partial charge in [0.1, 0.15) is 0 Å². The maximum Gasteiger partial charge on any atom is 0.244 e. The van der Waals surface area contributed by atoms with Crippen LogP contribution in [0.15, 0.2) is 66.9 Å². The van der Waals surface area contributed by atoms with Gasteiger partial charge in [-0.2, -0.15) is 5.10 Å². The number of aryl methyl sites for hydroxylation is 1. The van der Waals surface area contributed by atoms with E-state index < -0.39 is 0 Å². The molecule has 4 aromatic rings. The predicted molar refractivity (Wildman–Crippen MR) is 118 cm³/mol. The molecule has 0 spiro atoms. The van der Waals surface area contributed by atoms with Crippen molar-refractivity contribution < 1.29 is 4.79 Å². The molecule has 6 heteroatoms. The van der Waals surface area contributed by atoms with Crippen molar-refractivity contribution in [1.82, 2.24) is 25.1 Å². The largest absolute Gasteiger partial charge is 0.348 e. The van der Waals surface area contributed by atoms with Crippen LogP contribution in [0.25, 0.3) is 17.1 Å². The third-order valence-electron chi connectivity index (χ3n) is 5.02. The van der Waals surface area contributed by atoms with Crippen LogP contribution in [-0.2, 0) is 17.9 Å². The van der Waals surface area contributed by atoms with Gasteiger partial charge in [-0.25, -0.2) is 4.98 Å². The highest BCUT2D eigenvalue weighted by atomic mass is 16.1. The number of nitrogens with zero attached hydrogens (tertiary/aromatic N) is 4. The van der Waals surface area contributed by atoms with E-state index in [0.29, 0.717) is 18.8 Å². The Labute approximate surface area is 175 Å². The van der Waals surface area contributed by atoms with Gasteiger partial charge in [-0.15, -0.1) is 0 Å². The van der Waals surface area contributed by atoms with Crippen LogP contribution >= 0.6 is 0 Å². The molecule has 4 rings (SSSR count). The Morgan fingerprint density at radius 2 is 1.77 bits per heavy atom. The van der Waals surface area contributed by atoms with Crippen molar-refractivity contribution in [3.63, 3.8) is 0 Å². The predicted octanol–water partition coefficient (Wildman–Crippen LogP) is 3.82. The minimum atomic E-state index is -0.181. The minimum absolute atomic E-state index is 0.181. The Morgan fingerprint density at radius 3 is 2.57 bits per heavy atom. The first-order valence-corrected chi connectivity index (χ1v) is 9.84. The van der Waals surface area contributed by atoms with Crippen molar-refractivity contribution in [2.24, 2.45) is 0 Å². The van der Waals surface area contributed by atoms with Gasteiger partial charge in [-0.1, -0.05) is 42.5 Å². The average molecular weight is 397 g/mol. The van der Waals surface area contributed by atoms with E-state index in [2.05, 4.69) is 32.5 Å². The first-order chi connectivity index (χ1) is 14.6. The number of hydrogen-bond donors (Lipinski definition) is 1. The number of para-hydroxylation sites is 2. The van der Waals surface area contributed by atoms with E-state index in [1.54, 1.807) is 12.3 Å². The molecule has 6 nitrogen and oxygen atoms in total. The van der Waals surface area contributed by atoms with Crippen LogP contribution in [0.4, 0.5) is 0 Å². The van der Waals surface area contributed by atoms with E-state index in [9.17, 15) is 4.79 Å². The molecule has 0 radical (unpaired) electrons. The Kier molecular flexibility index (Phi) is 5.66. The van der Waals surface area contributed by atoms with Gasteiger partial charge in [0, 0.05) is 23.9 Å². The van der Waals surface area contributed by atoms with Crippen molar-refractivity contribution in [3.8, 4) is 0 Å². The van der Waals surface area contributed by atoms with Crippen molar-refractivity contribution >= 4 is 23.0 Å². The molecule has 1 N–H and O–H groups in total. The van der Waals surface area contributed by atoms with E-state index in [4.69, 9.17) is 0 Å². The molecule has 1 amide bonds. The van der Waals surface area contributed by atoms with Gasteiger partial charge in [0.15, 0.2) is 0 Å². The maximum atomic E-state index is 12.3. The molecule has 0 fully saturated rings. The standard InChI is InChI=1S/C24H23N5O/c1-17-21(18(2)29(28-17)16-19-8-4-3-5-9-19)15-26-24(30)13-12-20-14-25-22-10-6-7-11-23(22)27-20/h3-14H,15-16H2,1-2H3,(H,26,30)/b13-12+. The summed E-state index contributed by atoms with van der Waals surface area (Å²) in [5.41, 5.74) is 6.49. The Hall–Kier alpha value is -3.80. The molecule has 30 heavy (non-hydrogen) atoms. The number of carbonyl (C=O) groups is 1. The normalized spacial score (nSPS) is 11.3. The first-order valence-electron chi connectivity index (χ1n) is 9.84. The summed E-state index contributed by atoms with van der Waals surface area (Å²) < 4.78 is 1.98. The molecule has 2 aromatic heterocycles. The summed E-state index contributed by atoms with van der Waals surface area (Å²) in [5.74, 6) is -0.181. The molecule has 0 saturated heterocycles. The fraction of sp³-hybridized carbons (Fsp3) is 0.167. The van der Waals surface area contributed by atoms with Gasteiger partial charge in [-0.05, 0) is 37.6 Å². The highest BCUT2D eigenvalue weighted by Crippen LogP contribution is 2.15. The molecule has 150 valence electrons. The van der Waals surface area contributed by atoms with Gasteiger partial charge < -0.3 is 5.32 Å². The number of fused-ring (bicyclic) bond motifs is 1. The zero-order valence-corrected chi connectivity index (χ0v) is 17.0. The maximum absolute atomic E-state index is 12.3. The lowest BCUT2D eigenvalue weighted by Crippen LogP contribution is -2.21. The number of amides is 1. The summed E-state index contributed by atoms with van der Waals surface area (Å²) in [7, 11) is 0. The van der Waals surface area contributed by atoms with Gasteiger partial charge in [-0.3, -0.25) is 14.5 Å². The molecular formula is C24H23N5O. The minimum Gasteiger partial charge on any atom is -0.348 e. The fourth-order valence-electron chi connectivity index (χ4n) is 3.35. The zero-order valence-electron chi connectivity index (χ0n) is 17.0. The Balaban J connectivity index is 1.40. The summed E-state index contributed by atoms with van der Waals surface area (Å²) in [4.78, 5) is 21.2. The summed E-state index contributed by atoms with van der Waals surface area (Å²) in [6.07, 6.45) is 4.82. The fourth-order valence-corrected chi connectivity index (χ4v) is 3.35. The van der Waals surface area contributed by atoms with Crippen molar-refractivity contribution in [1.29, 1.82) is 0 Å². The number of carbonyl (C=O) groups excluding carboxylic acids is 1. The van der Waals surface area contributed by atoms with E-state index in [-0.39, 0.29) is 5.91 Å². The number of rotatable bonds is 6. The highest BCUT2D eigenvalue weighted by Gasteiger charge is 2.12. The van der Waals surface area contributed by atoms with E-state index in [0.717, 1.165) is 28.0 Å². The van der Waals surface area contributed by atoms with Crippen LogP contribution in [0.3, 0.4) is 0 Å². The second-order valence-electron chi connectivity index (χ2n) is 7.13. The summed E-state index contributed by atoms with van der Waals surface area (Å²) >= 11 is 0. The first kappa shape index (κ1) is 19.5. The molecule has 0 aliphatic carbocycles. The van der Waals surface area contributed by atoms with Crippen LogP contribution < -0.4 is 5.32 Å². The van der Waals surface area contributed by atoms with Crippen LogP contribution in [0.5, 0.6) is 0 Å². The van der Waals surface area contributed by atoms with Crippen LogP contribution in [0.1, 0.15) is 28.2 Å². The van der Waals surface area contributed by atoms with Crippen LogP contribution in [0, 0.1) is 13.8 Å². The van der Waals surface area contributed by atoms with E-state index >= 15 is 0 Å². The van der Waals surface area contributed by atoms with Crippen LogP contribution in [0.2, 0.25) is 0 Å². The van der Waals surface area contributed by atoms with Gasteiger partial charge in [0.05, 0.1) is 35.2 Å². The number of aromatic nitrogens is 4. The Bertz CT molecular complexity index is 1210. The van der Waals surface area contributed by atoms with Gasteiger partial charge in [0.2, 0.25) is 5.91 Å². The van der Waals surface area contributed by atoms with E-state index in [1.807, 2.05) is 61.0 Å². The summed E-state index contributed by atoms with van der Waals surface area (Å²) in [6.45, 7) is 5.14. The summed E-state index contributed by atoms with van der Waals surface area (Å²) in [5, 5.41) is 7.57. The van der Waals surface area contributed by atoms with Crippen molar-refractivity contribution in [3.05, 3.63) is 95.1 Å². The Morgan fingerprint density at radius 1 is 1.03 bits per heavy atom.